The fourth-order valence-electron chi connectivity index (χ4n) is 1.95. The fraction of sp³-hybridized carbons (Fsp3) is 0.308. The molecule has 2 aromatic rings. The van der Waals surface area contributed by atoms with Crippen molar-refractivity contribution >= 4 is 0 Å². The second-order valence-corrected chi connectivity index (χ2v) is 4.54. The highest BCUT2D eigenvalue weighted by Crippen LogP contribution is 2.38. The summed E-state index contributed by atoms with van der Waals surface area (Å²) in [5.74, 6) is 1.16. The Kier molecular flexibility index (Phi) is 2.44. The van der Waals surface area contributed by atoms with Crippen molar-refractivity contribution in [2.75, 3.05) is 0 Å². The van der Waals surface area contributed by atoms with Crippen molar-refractivity contribution < 1.29 is 4.39 Å². The Morgan fingerprint density at radius 2 is 2.00 bits per heavy atom. The summed E-state index contributed by atoms with van der Waals surface area (Å²) >= 11 is 0. The molecule has 1 fully saturated rings. The van der Waals surface area contributed by atoms with Crippen molar-refractivity contribution in [1.82, 2.24) is 9.97 Å². The number of aromatic amines is 1. The minimum Gasteiger partial charge on any atom is -0.347 e. The first-order valence-corrected chi connectivity index (χ1v) is 5.81. The highest BCUT2D eigenvalue weighted by molar-refractivity contribution is 5.58. The molecule has 1 saturated carbocycles. The molecule has 1 aliphatic carbocycles. The quantitative estimate of drug-likeness (QED) is 0.853. The number of nitrogens with zero attached hydrogens (tertiary/aromatic N) is 1. The van der Waals surface area contributed by atoms with E-state index in [1.165, 1.54) is 25.0 Å². The number of rotatable bonds is 3. The van der Waals surface area contributed by atoms with Gasteiger partial charge in [-0.15, -0.1) is 0 Å². The number of halogens is 1. The minimum absolute atomic E-state index is 0.00389. The monoisotopic (exact) mass is 231 g/mol. The molecule has 0 aliphatic heterocycles. The van der Waals surface area contributed by atoms with E-state index in [1.807, 2.05) is 6.20 Å². The van der Waals surface area contributed by atoms with Crippen molar-refractivity contribution in [2.24, 2.45) is 11.7 Å². The van der Waals surface area contributed by atoms with Gasteiger partial charge in [0, 0.05) is 11.8 Å². The molecule has 0 amide bonds. The topological polar surface area (TPSA) is 54.7 Å². The molecule has 1 aliphatic rings. The highest BCUT2D eigenvalue weighted by Gasteiger charge is 2.31. The highest BCUT2D eigenvalue weighted by atomic mass is 19.1. The molecule has 1 heterocycles. The number of H-pyrrole nitrogens is 1. The van der Waals surface area contributed by atoms with Gasteiger partial charge in [0.25, 0.3) is 0 Å². The Morgan fingerprint density at radius 3 is 2.65 bits per heavy atom. The molecule has 0 saturated heterocycles. The molecule has 1 aromatic carbocycles. The Balaban J connectivity index is 1.86. The van der Waals surface area contributed by atoms with Gasteiger partial charge < -0.3 is 10.7 Å². The van der Waals surface area contributed by atoms with Gasteiger partial charge >= 0.3 is 0 Å². The second kappa shape index (κ2) is 3.96. The Bertz CT molecular complexity index is 514. The summed E-state index contributed by atoms with van der Waals surface area (Å²) in [4.78, 5) is 7.58. The zero-order chi connectivity index (χ0) is 11.8. The normalized spacial score (nSPS) is 17.1. The molecular weight excluding hydrogens is 217 g/mol. The van der Waals surface area contributed by atoms with Gasteiger partial charge in [0.1, 0.15) is 11.6 Å². The van der Waals surface area contributed by atoms with Crippen LogP contribution in [0.4, 0.5) is 4.39 Å². The molecule has 0 radical (unpaired) electrons. The average Bonchev–Trinajstić information content (AvgIpc) is 3.07. The van der Waals surface area contributed by atoms with Crippen LogP contribution in [0.3, 0.4) is 0 Å². The summed E-state index contributed by atoms with van der Waals surface area (Å²) in [7, 11) is 0. The van der Waals surface area contributed by atoms with E-state index in [1.54, 1.807) is 12.1 Å². The predicted molar refractivity (Wildman–Crippen MR) is 63.6 cm³/mol. The van der Waals surface area contributed by atoms with Crippen LogP contribution in [-0.4, -0.2) is 9.97 Å². The van der Waals surface area contributed by atoms with Crippen molar-refractivity contribution in [3.63, 3.8) is 0 Å². The summed E-state index contributed by atoms with van der Waals surface area (Å²) < 4.78 is 12.8. The number of aromatic nitrogens is 2. The van der Waals surface area contributed by atoms with Crippen LogP contribution in [0.5, 0.6) is 0 Å². The lowest BCUT2D eigenvalue weighted by Crippen LogP contribution is -2.13. The largest absolute Gasteiger partial charge is 0.347 e. The maximum atomic E-state index is 12.8. The number of nitrogens with one attached hydrogen (secondary N) is 1. The van der Waals surface area contributed by atoms with Gasteiger partial charge in [-0.1, -0.05) is 0 Å². The Hall–Kier alpha value is -1.68. The zero-order valence-corrected chi connectivity index (χ0v) is 9.36. The molecule has 1 aromatic heterocycles. The standard InChI is InChI=1S/C13H14FN3/c14-10-5-3-8(4-6-10)11-7-16-13(17-11)12(15)9-1-2-9/h3-7,9,12H,1-2,15H2,(H,16,17)/t12-/m1/s1. The van der Waals surface area contributed by atoms with E-state index in [0.717, 1.165) is 17.1 Å². The van der Waals surface area contributed by atoms with Crippen LogP contribution in [0.1, 0.15) is 24.7 Å². The second-order valence-electron chi connectivity index (χ2n) is 4.54. The van der Waals surface area contributed by atoms with Crippen LogP contribution in [0.25, 0.3) is 11.3 Å². The summed E-state index contributed by atoms with van der Waals surface area (Å²) in [6, 6.07) is 6.31. The molecule has 3 nitrogen and oxygen atoms in total. The first-order valence-electron chi connectivity index (χ1n) is 5.81. The Morgan fingerprint density at radius 1 is 1.29 bits per heavy atom. The molecule has 0 bridgehead atoms. The number of hydrogen-bond donors (Lipinski definition) is 2. The molecule has 17 heavy (non-hydrogen) atoms. The SMILES string of the molecule is N[C@@H](c1nc(-c2ccc(F)cc2)c[nH]1)C1CC1. The van der Waals surface area contributed by atoms with E-state index in [9.17, 15) is 4.39 Å². The van der Waals surface area contributed by atoms with Gasteiger partial charge in [-0.2, -0.15) is 0 Å². The van der Waals surface area contributed by atoms with E-state index in [4.69, 9.17) is 5.73 Å². The van der Waals surface area contributed by atoms with Gasteiger partial charge in [0.15, 0.2) is 0 Å². The number of nitrogens with two attached hydrogens (primary N) is 1. The Labute approximate surface area is 98.9 Å². The maximum absolute atomic E-state index is 12.8. The van der Waals surface area contributed by atoms with Crippen molar-refractivity contribution in [1.29, 1.82) is 0 Å². The van der Waals surface area contributed by atoms with Crippen molar-refractivity contribution in [3.05, 3.63) is 42.1 Å². The molecule has 0 unspecified atom stereocenters. The smallest absolute Gasteiger partial charge is 0.124 e. The van der Waals surface area contributed by atoms with Crippen LogP contribution in [0.2, 0.25) is 0 Å². The number of imidazole rings is 1. The molecule has 88 valence electrons. The third-order valence-corrected chi connectivity index (χ3v) is 3.18. The molecule has 3 rings (SSSR count). The van der Waals surface area contributed by atoms with Gasteiger partial charge in [0.05, 0.1) is 11.7 Å². The van der Waals surface area contributed by atoms with Crippen LogP contribution in [0, 0.1) is 11.7 Å². The summed E-state index contributed by atoms with van der Waals surface area (Å²) in [5, 5.41) is 0. The minimum atomic E-state index is -0.237. The fourth-order valence-corrected chi connectivity index (χ4v) is 1.95. The van der Waals surface area contributed by atoms with Crippen LogP contribution in [0.15, 0.2) is 30.5 Å². The molecule has 4 heteroatoms. The van der Waals surface area contributed by atoms with Gasteiger partial charge in [0.2, 0.25) is 0 Å². The van der Waals surface area contributed by atoms with Gasteiger partial charge in [-0.25, -0.2) is 9.37 Å². The lowest BCUT2D eigenvalue weighted by molar-refractivity contribution is 0.600. The first kappa shape index (κ1) is 10.5. The lowest BCUT2D eigenvalue weighted by atomic mass is 10.1. The summed E-state index contributed by atoms with van der Waals surface area (Å²) in [6.45, 7) is 0. The molecular formula is C13H14FN3. The van der Waals surface area contributed by atoms with E-state index in [-0.39, 0.29) is 11.9 Å². The van der Waals surface area contributed by atoms with E-state index >= 15 is 0 Å². The van der Waals surface area contributed by atoms with E-state index < -0.39 is 0 Å². The van der Waals surface area contributed by atoms with E-state index in [0.29, 0.717) is 5.92 Å². The molecule has 3 N–H and O–H groups in total. The van der Waals surface area contributed by atoms with E-state index in [2.05, 4.69) is 9.97 Å². The van der Waals surface area contributed by atoms with Gasteiger partial charge in [-0.3, -0.25) is 0 Å². The van der Waals surface area contributed by atoms with Crippen LogP contribution < -0.4 is 5.73 Å². The third-order valence-electron chi connectivity index (χ3n) is 3.18. The van der Waals surface area contributed by atoms with Crippen molar-refractivity contribution in [2.45, 2.75) is 18.9 Å². The number of hydrogen-bond acceptors (Lipinski definition) is 2. The predicted octanol–water partition coefficient (Wildman–Crippen LogP) is 2.63. The number of benzene rings is 1. The third kappa shape index (κ3) is 2.08. The lowest BCUT2D eigenvalue weighted by Gasteiger charge is -2.05. The molecule has 0 spiro atoms. The molecule has 1 atom stereocenters. The van der Waals surface area contributed by atoms with Crippen LogP contribution >= 0.6 is 0 Å². The zero-order valence-electron chi connectivity index (χ0n) is 9.36. The maximum Gasteiger partial charge on any atom is 0.124 e. The summed E-state index contributed by atoms with van der Waals surface area (Å²) in [5.41, 5.74) is 7.78. The summed E-state index contributed by atoms with van der Waals surface area (Å²) in [6.07, 6.45) is 4.20. The van der Waals surface area contributed by atoms with Crippen LogP contribution in [-0.2, 0) is 0 Å². The van der Waals surface area contributed by atoms with Gasteiger partial charge in [-0.05, 0) is 43.0 Å². The average molecular weight is 231 g/mol. The van der Waals surface area contributed by atoms with Crippen molar-refractivity contribution in [3.8, 4) is 11.3 Å². The first-order chi connectivity index (χ1) is 8.24.